The van der Waals surface area contributed by atoms with Crippen molar-refractivity contribution < 1.29 is 9.59 Å². The maximum absolute atomic E-state index is 13.5. The van der Waals surface area contributed by atoms with Crippen LogP contribution in [0.1, 0.15) is 34.6 Å². The van der Waals surface area contributed by atoms with Gasteiger partial charge in [-0.05, 0) is 36.7 Å². The van der Waals surface area contributed by atoms with Crippen LogP contribution in [0.2, 0.25) is 0 Å². The number of hydrogen-bond donors (Lipinski definition) is 0. The number of aromatic nitrogens is 3. The Balaban J connectivity index is 1.56. The van der Waals surface area contributed by atoms with Crippen LogP contribution in [-0.4, -0.2) is 62.8 Å². The molecular weight excluding hydrogens is 414 g/mol. The molecule has 0 bridgehead atoms. The normalized spacial score (nSPS) is 13.4. The molecule has 0 unspecified atom stereocenters. The summed E-state index contributed by atoms with van der Waals surface area (Å²) >= 11 is 0. The smallest absolute Gasteiger partial charge is 0.261 e. The lowest BCUT2D eigenvalue weighted by Crippen LogP contribution is -2.44. The topological polar surface area (TPSA) is 71.3 Å². The first-order chi connectivity index (χ1) is 16.1. The van der Waals surface area contributed by atoms with Gasteiger partial charge in [0.15, 0.2) is 0 Å². The number of rotatable bonds is 7. The van der Waals surface area contributed by atoms with Gasteiger partial charge in [0.25, 0.3) is 11.8 Å². The molecule has 3 aromatic carbocycles. The molecule has 0 N–H and O–H groups in total. The third-order valence-electron chi connectivity index (χ3n) is 6.27. The van der Waals surface area contributed by atoms with E-state index in [4.69, 9.17) is 0 Å². The van der Waals surface area contributed by atoms with E-state index in [1.165, 1.54) is 4.90 Å². The summed E-state index contributed by atoms with van der Waals surface area (Å²) in [5.41, 5.74) is 3.54. The van der Waals surface area contributed by atoms with Crippen LogP contribution >= 0.6 is 0 Å². The lowest BCUT2D eigenvalue weighted by molar-refractivity contribution is 0.0594. The third-order valence-corrected chi connectivity index (χ3v) is 6.27. The summed E-state index contributed by atoms with van der Waals surface area (Å²) in [6.45, 7) is 6.92. The molecule has 4 aromatic rings. The van der Waals surface area contributed by atoms with Gasteiger partial charge < -0.3 is 4.90 Å². The summed E-state index contributed by atoms with van der Waals surface area (Å²) in [7, 11) is 0. The monoisotopic (exact) mass is 439 g/mol. The SMILES string of the molecule is CCN(CC)CCN1C(=O)c2cccc3cc(-n4cc(-c5ccccc5)nn4)cc(c23)C1=O. The summed E-state index contributed by atoms with van der Waals surface area (Å²) in [6.07, 6.45) is 1.85. The standard InChI is InChI=1S/C26H25N5O2/c1-3-29(4-2)13-14-30-25(32)21-12-8-11-19-15-20(16-22(24(19)21)26(30)33)31-17-23(27-28-31)18-9-6-5-7-10-18/h5-12,15-17H,3-4,13-14H2,1-2H3. The highest BCUT2D eigenvalue weighted by Crippen LogP contribution is 2.32. The Morgan fingerprint density at radius 2 is 1.64 bits per heavy atom. The molecule has 33 heavy (non-hydrogen) atoms. The number of likely N-dealkylation sites (N-methyl/N-ethyl adjacent to an activating group) is 1. The average Bonchev–Trinajstić information content (AvgIpc) is 3.35. The molecule has 1 aliphatic rings. The van der Waals surface area contributed by atoms with Crippen molar-refractivity contribution in [1.82, 2.24) is 24.8 Å². The molecule has 0 spiro atoms. The van der Waals surface area contributed by atoms with Crippen LogP contribution in [0.3, 0.4) is 0 Å². The summed E-state index contributed by atoms with van der Waals surface area (Å²) in [5, 5.41) is 10.1. The lowest BCUT2D eigenvalue weighted by Gasteiger charge is -2.29. The fourth-order valence-corrected chi connectivity index (χ4v) is 4.39. The van der Waals surface area contributed by atoms with Crippen molar-refractivity contribution in [3.05, 3.63) is 78.0 Å². The van der Waals surface area contributed by atoms with E-state index >= 15 is 0 Å². The number of amides is 2. The van der Waals surface area contributed by atoms with Gasteiger partial charge in [0.05, 0.1) is 17.4 Å². The Labute approximate surface area is 192 Å². The van der Waals surface area contributed by atoms with E-state index in [-0.39, 0.29) is 11.8 Å². The molecule has 1 aromatic heterocycles. The van der Waals surface area contributed by atoms with E-state index in [0.29, 0.717) is 29.6 Å². The first-order valence-electron chi connectivity index (χ1n) is 11.2. The van der Waals surface area contributed by atoms with Gasteiger partial charge in [0.2, 0.25) is 0 Å². The molecule has 0 saturated heterocycles. The second-order valence-electron chi connectivity index (χ2n) is 8.10. The number of carbonyl (C=O) groups is 2. The Kier molecular flexibility index (Phi) is 5.48. The van der Waals surface area contributed by atoms with Crippen molar-refractivity contribution in [3.63, 3.8) is 0 Å². The minimum Gasteiger partial charge on any atom is -0.302 e. The maximum atomic E-state index is 13.5. The molecule has 0 aliphatic carbocycles. The lowest BCUT2D eigenvalue weighted by atomic mass is 9.93. The van der Waals surface area contributed by atoms with Crippen molar-refractivity contribution in [2.24, 2.45) is 0 Å². The molecular formula is C26H25N5O2. The van der Waals surface area contributed by atoms with Gasteiger partial charge in [-0.1, -0.05) is 61.5 Å². The highest BCUT2D eigenvalue weighted by molar-refractivity contribution is 6.25. The van der Waals surface area contributed by atoms with E-state index < -0.39 is 0 Å². The number of nitrogens with zero attached hydrogens (tertiary/aromatic N) is 5. The summed E-state index contributed by atoms with van der Waals surface area (Å²) in [5.74, 6) is -0.494. The molecule has 7 nitrogen and oxygen atoms in total. The van der Waals surface area contributed by atoms with Gasteiger partial charge >= 0.3 is 0 Å². The van der Waals surface area contributed by atoms with Gasteiger partial charge in [0, 0.05) is 29.6 Å². The zero-order chi connectivity index (χ0) is 22.9. The van der Waals surface area contributed by atoms with Crippen LogP contribution in [0.5, 0.6) is 0 Å². The number of carbonyl (C=O) groups excluding carboxylic acids is 2. The Morgan fingerprint density at radius 3 is 2.39 bits per heavy atom. The van der Waals surface area contributed by atoms with Crippen LogP contribution in [0.4, 0.5) is 0 Å². The van der Waals surface area contributed by atoms with Crippen molar-refractivity contribution in [2.75, 3.05) is 26.2 Å². The van der Waals surface area contributed by atoms with E-state index in [1.54, 1.807) is 10.7 Å². The first-order valence-corrected chi connectivity index (χ1v) is 11.2. The number of imide groups is 1. The molecule has 1 aliphatic heterocycles. The molecule has 7 heteroatoms. The minimum atomic E-state index is -0.263. The summed E-state index contributed by atoms with van der Waals surface area (Å²) < 4.78 is 1.68. The highest BCUT2D eigenvalue weighted by atomic mass is 16.2. The van der Waals surface area contributed by atoms with Crippen molar-refractivity contribution in [2.45, 2.75) is 13.8 Å². The fraction of sp³-hybridized carbons (Fsp3) is 0.231. The van der Waals surface area contributed by atoms with Crippen molar-refractivity contribution >= 4 is 22.6 Å². The number of hydrogen-bond acceptors (Lipinski definition) is 5. The molecule has 2 amide bonds. The Bertz CT molecular complexity index is 1340. The quantitative estimate of drug-likeness (QED) is 0.407. The third kappa shape index (κ3) is 3.70. The van der Waals surface area contributed by atoms with Crippen molar-refractivity contribution in [1.29, 1.82) is 0 Å². The predicted octanol–water partition coefficient (Wildman–Crippen LogP) is 4.03. The van der Waals surface area contributed by atoms with Gasteiger partial charge in [-0.3, -0.25) is 14.5 Å². The van der Waals surface area contributed by atoms with E-state index in [9.17, 15) is 9.59 Å². The average molecular weight is 440 g/mol. The van der Waals surface area contributed by atoms with Gasteiger partial charge in [-0.15, -0.1) is 5.10 Å². The van der Waals surface area contributed by atoms with Gasteiger partial charge in [-0.25, -0.2) is 4.68 Å². The molecule has 0 fully saturated rings. The Morgan fingerprint density at radius 1 is 0.879 bits per heavy atom. The molecule has 166 valence electrons. The molecule has 0 atom stereocenters. The maximum Gasteiger partial charge on any atom is 0.261 e. The Hall–Kier alpha value is -3.84. The summed E-state index contributed by atoms with van der Waals surface area (Å²) in [6, 6.07) is 19.2. The zero-order valence-electron chi connectivity index (χ0n) is 18.7. The van der Waals surface area contributed by atoms with Crippen LogP contribution in [-0.2, 0) is 0 Å². The van der Waals surface area contributed by atoms with Gasteiger partial charge in [0.1, 0.15) is 5.69 Å². The molecule has 0 radical (unpaired) electrons. The van der Waals surface area contributed by atoms with Crippen LogP contribution in [0.15, 0.2) is 66.9 Å². The van der Waals surface area contributed by atoms with E-state index in [0.717, 1.165) is 35.4 Å². The molecule has 5 rings (SSSR count). The minimum absolute atomic E-state index is 0.231. The van der Waals surface area contributed by atoms with Gasteiger partial charge in [-0.2, -0.15) is 0 Å². The predicted molar refractivity (Wildman–Crippen MR) is 127 cm³/mol. The fourth-order valence-electron chi connectivity index (χ4n) is 4.39. The van der Waals surface area contributed by atoms with E-state index in [1.807, 2.05) is 60.8 Å². The highest BCUT2D eigenvalue weighted by Gasteiger charge is 2.33. The van der Waals surface area contributed by atoms with Crippen molar-refractivity contribution in [3.8, 4) is 16.9 Å². The largest absolute Gasteiger partial charge is 0.302 e. The molecule has 0 saturated carbocycles. The molecule has 2 heterocycles. The summed E-state index contributed by atoms with van der Waals surface area (Å²) in [4.78, 5) is 30.2. The zero-order valence-corrected chi connectivity index (χ0v) is 18.7. The van der Waals surface area contributed by atoms with E-state index in [2.05, 4.69) is 29.1 Å². The van der Waals surface area contributed by atoms with Crippen LogP contribution in [0.25, 0.3) is 27.7 Å². The van der Waals surface area contributed by atoms with Crippen LogP contribution < -0.4 is 0 Å². The number of benzene rings is 3. The second-order valence-corrected chi connectivity index (χ2v) is 8.10. The van der Waals surface area contributed by atoms with Crippen LogP contribution in [0, 0.1) is 0 Å². The first kappa shape index (κ1) is 21.0. The second kappa shape index (κ2) is 8.60.